The third-order valence-electron chi connectivity index (χ3n) is 3.01. The molecule has 1 atom stereocenters. The number of aryl methyl sites for hydroxylation is 1. The molecule has 10 nitrogen and oxygen atoms in total. The molecule has 2 amide bonds. The average molecular weight is 294 g/mol. The number of rotatable bonds is 4. The number of aromatic nitrogens is 2. The number of hydrogen-bond acceptors (Lipinski definition) is 8. The molecule has 1 aromatic rings. The summed E-state index contributed by atoms with van der Waals surface area (Å²) >= 11 is 0. The number of carbonyl (C=O) groups excluding carboxylic acids is 2. The van der Waals surface area contributed by atoms with Gasteiger partial charge in [-0.05, 0) is 13.3 Å². The zero-order valence-electron chi connectivity index (χ0n) is 11.5. The Balaban J connectivity index is 2.34. The van der Waals surface area contributed by atoms with Crippen molar-refractivity contribution in [1.29, 1.82) is 0 Å². The van der Waals surface area contributed by atoms with Crippen LogP contribution in [0.5, 0.6) is 0 Å². The molecule has 1 unspecified atom stereocenters. The van der Waals surface area contributed by atoms with Crippen molar-refractivity contribution in [1.82, 2.24) is 15.3 Å². The number of nitrogens with one attached hydrogen (secondary N) is 3. The van der Waals surface area contributed by atoms with Gasteiger partial charge < -0.3 is 10.6 Å². The summed E-state index contributed by atoms with van der Waals surface area (Å²) in [6.45, 7) is 1.48. The number of hydrogen-bond donors (Lipinski definition) is 3. The predicted octanol–water partition coefficient (Wildman–Crippen LogP) is -0.0480. The van der Waals surface area contributed by atoms with E-state index in [4.69, 9.17) is 0 Å². The number of anilines is 2. The summed E-state index contributed by atoms with van der Waals surface area (Å²) in [5, 5.41) is 18.7. The smallest absolute Gasteiger partial charge is 0.332 e. The van der Waals surface area contributed by atoms with Crippen molar-refractivity contribution in [3.63, 3.8) is 0 Å². The topological polar surface area (TPSA) is 139 Å². The number of amides is 2. The van der Waals surface area contributed by atoms with E-state index in [0.717, 1.165) is 0 Å². The summed E-state index contributed by atoms with van der Waals surface area (Å²) in [5.74, 6) is -0.732. The van der Waals surface area contributed by atoms with Gasteiger partial charge in [-0.15, -0.1) is 0 Å². The highest BCUT2D eigenvalue weighted by Gasteiger charge is 2.30. The van der Waals surface area contributed by atoms with Gasteiger partial charge in [0.25, 0.3) is 0 Å². The first kappa shape index (κ1) is 14.6. The summed E-state index contributed by atoms with van der Waals surface area (Å²) in [6.07, 6.45) is 0.417. The molecular weight excluding hydrogens is 280 g/mol. The van der Waals surface area contributed by atoms with Crippen molar-refractivity contribution >= 4 is 29.3 Å². The molecule has 0 aromatic carbocycles. The van der Waals surface area contributed by atoms with E-state index in [9.17, 15) is 19.7 Å². The van der Waals surface area contributed by atoms with Gasteiger partial charge in [0.05, 0.1) is 4.92 Å². The van der Waals surface area contributed by atoms with Crippen molar-refractivity contribution in [2.75, 3.05) is 17.7 Å². The van der Waals surface area contributed by atoms with Gasteiger partial charge in [0.2, 0.25) is 23.6 Å². The molecule has 1 aliphatic heterocycles. The van der Waals surface area contributed by atoms with Gasteiger partial charge in [-0.25, -0.2) is 4.98 Å². The van der Waals surface area contributed by atoms with Crippen LogP contribution in [0.4, 0.5) is 17.5 Å². The summed E-state index contributed by atoms with van der Waals surface area (Å²) in [5.41, 5.74) is -0.118. The fraction of sp³-hybridized carbons (Fsp3) is 0.455. The van der Waals surface area contributed by atoms with Crippen LogP contribution in [0, 0.1) is 17.0 Å². The fourth-order valence-electron chi connectivity index (χ4n) is 1.99. The van der Waals surface area contributed by atoms with Crippen LogP contribution >= 0.6 is 0 Å². The van der Waals surface area contributed by atoms with Gasteiger partial charge >= 0.3 is 5.69 Å². The zero-order chi connectivity index (χ0) is 15.6. The minimum atomic E-state index is -0.750. The van der Waals surface area contributed by atoms with Crippen LogP contribution in [0.3, 0.4) is 0 Å². The molecule has 2 heterocycles. The lowest BCUT2D eigenvalue weighted by Gasteiger charge is -2.22. The van der Waals surface area contributed by atoms with Crippen LogP contribution in [0.25, 0.3) is 0 Å². The Morgan fingerprint density at radius 1 is 1.38 bits per heavy atom. The highest BCUT2D eigenvalue weighted by molar-refractivity contribution is 6.01. The molecule has 10 heteroatoms. The molecule has 1 saturated heterocycles. The van der Waals surface area contributed by atoms with Crippen LogP contribution in [0.2, 0.25) is 0 Å². The van der Waals surface area contributed by atoms with Crippen LogP contribution in [0.15, 0.2) is 0 Å². The van der Waals surface area contributed by atoms with E-state index in [0.29, 0.717) is 0 Å². The number of nitro groups is 1. The normalized spacial score (nSPS) is 18.1. The van der Waals surface area contributed by atoms with E-state index in [2.05, 4.69) is 25.9 Å². The monoisotopic (exact) mass is 294 g/mol. The lowest BCUT2D eigenvalue weighted by atomic mass is 10.1. The summed E-state index contributed by atoms with van der Waals surface area (Å²) < 4.78 is 0. The first-order valence-corrected chi connectivity index (χ1v) is 6.23. The fourth-order valence-corrected chi connectivity index (χ4v) is 1.99. The minimum absolute atomic E-state index is 0.0497. The van der Waals surface area contributed by atoms with E-state index in [1.807, 2.05) is 0 Å². The van der Waals surface area contributed by atoms with Crippen molar-refractivity contribution in [2.24, 2.45) is 0 Å². The largest absolute Gasteiger partial charge is 0.357 e. The lowest BCUT2D eigenvalue weighted by molar-refractivity contribution is -0.385. The maximum Gasteiger partial charge on any atom is 0.332 e. The Hall–Kier alpha value is -2.78. The molecule has 0 saturated carbocycles. The Bertz CT molecular complexity index is 617. The molecule has 0 bridgehead atoms. The molecule has 1 aromatic heterocycles. The Morgan fingerprint density at radius 2 is 2.10 bits per heavy atom. The van der Waals surface area contributed by atoms with Crippen LogP contribution in [-0.4, -0.2) is 39.8 Å². The molecule has 1 aliphatic rings. The highest BCUT2D eigenvalue weighted by Crippen LogP contribution is 2.27. The van der Waals surface area contributed by atoms with Gasteiger partial charge in [-0.3, -0.25) is 25.0 Å². The first-order chi connectivity index (χ1) is 9.92. The van der Waals surface area contributed by atoms with E-state index >= 15 is 0 Å². The van der Waals surface area contributed by atoms with Crippen LogP contribution in [0.1, 0.15) is 18.5 Å². The molecule has 21 heavy (non-hydrogen) atoms. The molecular formula is C11H14N6O4. The summed E-state index contributed by atoms with van der Waals surface area (Å²) in [7, 11) is 1.58. The molecule has 0 radical (unpaired) electrons. The standard InChI is InChI=1S/C11H14N6O4/c1-5-8(17(20)21)9(16-11(12-2)13-5)14-6-3-4-7(18)15-10(6)19/h6H,3-4H2,1-2H3,(H,15,18,19)(H2,12,13,14,16). The van der Waals surface area contributed by atoms with E-state index < -0.39 is 16.9 Å². The SMILES string of the molecule is CNc1nc(C)c([N+](=O)[O-])c(NC2CCC(=O)NC2=O)n1. The Kier molecular flexibility index (Phi) is 3.96. The van der Waals surface area contributed by atoms with Gasteiger partial charge in [-0.2, -0.15) is 4.98 Å². The van der Waals surface area contributed by atoms with E-state index in [1.165, 1.54) is 6.92 Å². The van der Waals surface area contributed by atoms with Gasteiger partial charge in [0.1, 0.15) is 11.7 Å². The second-order valence-corrected chi connectivity index (χ2v) is 4.48. The van der Waals surface area contributed by atoms with Crippen molar-refractivity contribution < 1.29 is 14.5 Å². The van der Waals surface area contributed by atoms with E-state index in [-0.39, 0.29) is 41.9 Å². The summed E-state index contributed by atoms with van der Waals surface area (Å²) in [6, 6.07) is -0.750. The third-order valence-corrected chi connectivity index (χ3v) is 3.01. The second kappa shape index (κ2) is 5.69. The average Bonchev–Trinajstić information content (AvgIpc) is 2.40. The predicted molar refractivity (Wildman–Crippen MR) is 72.8 cm³/mol. The zero-order valence-corrected chi connectivity index (χ0v) is 11.5. The number of nitrogens with zero attached hydrogens (tertiary/aromatic N) is 3. The minimum Gasteiger partial charge on any atom is -0.357 e. The molecule has 2 rings (SSSR count). The van der Waals surface area contributed by atoms with Gasteiger partial charge in [0.15, 0.2) is 0 Å². The van der Waals surface area contributed by atoms with Crippen molar-refractivity contribution in [3.05, 3.63) is 15.8 Å². The van der Waals surface area contributed by atoms with Crippen LogP contribution in [-0.2, 0) is 9.59 Å². The highest BCUT2D eigenvalue weighted by atomic mass is 16.6. The number of carbonyl (C=O) groups is 2. The Labute approximate surface area is 119 Å². The molecule has 112 valence electrons. The van der Waals surface area contributed by atoms with E-state index in [1.54, 1.807) is 7.05 Å². The maximum atomic E-state index is 11.7. The first-order valence-electron chi connectivity index (χ1n) is 6.23. The molecule has 0 spiro atoms. The molecule has 1 fully saturated rings. The summed E-state index contributed by atoms with van der Waals surface area (Å²) in [4.78, 5) is 41.2. The van der Waals surface area contributed by atoms with Crippen molar-refractivity contribution in [2.45, 2.75) is 25.8 Å². The van der Waals surface area contributed by atoms with Crippen molar-refractivity contribution in [3.8, 4) is 0 Å². The lowest BCUT2D eigenvalue weighted by Crippen LogP contribution is -2.47. The van der Waals surface area contributed by atoms with Gasteiger partial charge in [-0.1, -0.05) is 0 Å². The maximum absolute atomic E-state index is 11.7. The number of piperidine rings is 1. The molecule has 0 aliphatic carbocycles. The quantitative estimate of drug-likeness (QED) is 0.399. The molecule has 3 N–H and O–H groups in total. The third kappa shape index (κ3) is 3.04. The van der Waals surface area contributed by atoms with Crippen LogP contribution < -0.4 is 16.0 Å². The van der Waals surface area contributed by atoms with Gasteiger partial charge in [0, 0.05) is 13.5 Å². The Morgan fingerprint density at radius 3 is 2.67 bits per heavy atom. The number of imide groups is 1. The second-order valence-electron chi connectivity index (χ2n) is 4.48.